The van der Waals surface area contributed by atoms with Gasteiger partial charge in [0.1, 0.15) is 19.6 Å². The summed E-state index contributed by atoms with van der Waals surface area (Å²) in [5, 5.41) is 0. The largest absolute Gasteiger partial charge is 0.370 e. The van der Waals surface area contributed by atoms with Crippen molar-refractivity contribution in [3.63, 3.8) is 0 Å². The molecule has 2 aliphatic heterocycles. The molecule has 3 rings (SSSR count). The topological polar surface area (TPSA) is 38.4 Å². The number of unbranched alkanes of at least 4 members (excludes halogenated alkanes) is 1. The fraction of sp³-hybridized carbons (Fsp3) is 0.857. The lowest BCUT2D eigenvalue weighted by Crippen LogP contribution is -3.17. The van der Waals surface area contributed by atoms with Crippen LogP contribution in [0.2, 0.25) is 0 Å². The molecule has 0 spiro atoms. The van der Waals surface area contributed by atoms with Crippen LogP contribution in [0.1, 0.15) is 52.9 Å². The van der Waals surface area contributed by atoms with E-state index in [4.69, 9.17) is 4.74 Å². The summed E-state index contributed by atoms with van der Waals surface area (Å²) in [5.41, 5.74) is 2.65. The van der Waals surface area contributed by atoms with Crippen molar-refractivity contribution < 1.29 is 19.3 Å². The van der Waals surface area contributed by atoms with Crippen molar-refractivity contribution in [3.05, 3.63) is 11.3 Å². The predicted molar refractivity (Wildman–Crippen MR) is 103 cm³/mol. The number of nitrogens with one attached hydrogen (secondary N) is 2. The van der Waals surface area contributed by atoms with Crippen LogP contribution in [0.4, 0.5) is 0 Å². The molecule has 2 heterocycles. The molecule has 26 heavy (non-hydrogen) atoms. The van der Waals surface area contributed by atoms with E-state index in [-0.39, 0.29) is 5.41 Å². The van der Waals surface area contributed by atoms with E-state index in [2.05, 4.69) is 25.7 Å². The molecule has 0 saturated carbocycles. The number of nitrogens with zero attached hydrogens (tertiary/aromatic N) is 1. The van der Waals surface area contributed by atoms with Gasteiger partial charge in [0.25, 0.3) is 0 Å². The van der Waals surface area contributed by atoms with Gasteiger partial charge in [-0.3, -0.25) is 4.79 Å². The molecule has 5 nitrogen and oxygen atoms in total. The van der Waals surface area contributed by atoms with Gasteiger partial charge in [-0.25, -0.2) is 0 Å². The monoisotopic (exact) mass is 365 g/mol. The van der Waals surface area contributed by atoms with Crippen molar-refractivity contribution in [2.24, 2.45) is 5.41 Å². The summed E-state index contributed by atoms with van der Waals surface area (Å²) >= 11 is 0. The van der Waals surface area contributed by atoms with E-state index in [0.29, 0.717) is 5.78 Å². The number of Topliss-reactive ketones (excluding diaryl/α,β-unsaturated/α-hetero) is 1. The van der Waals surface area contributed by atoms with Crippen molar-refractivity contribution in [2.45, 2.75) is 52.9 Å². The Kier molecular flexibility index (Phi) is 6.76. The number of ketones is 1. The average Bonchev–Trinajstić information content (AvgIpc) is 2.60. The smallest absolute Gasteiger partial charge is 0.166 e. The van der Waals surface area contributed by atoms with Crippen molar-refractivity contribution in [2.75, 3.05) is 59.2 Å². The van der Waals surface area contributed by atoms with Crippen LogP contribution in [-0.2, 0) is 9.53 Å². The highest BCUT2D eigenvalue weighted by Crippen LogP contribution is 2.38. The van der Waals surface area contributed by atoms with Crippen molar-refractivity contribution in [3.8, 4) is 0 Å². The molecular formula is C21H39N3O2+2. The molecule has 0 radical (unpaired) electrons. The van der Waals surface area contributed by atoms with Crippen LogP contribution in [0.3, 0.4) is 0 Å². The van der Waals surface area contributed by atoms with Crippen molar-refractivity contribution >= 4 is 5.78 Å². The number of carbonyl (C=O) groups excluding carboxylic acids is 1. The first-order valence-electron chi connectivity index (χ1n) is 10.7. The quantitative estimate of drug-likeness (QED) is 0.661. The Labute approximate surface area is 159 Å². The highest BCUT2D eigenvalue weighted by Gasteiger charge is 2.39. The van der Waals surface area contributed by atoms with Gasteiger partial charge in [-0.1, -0.05) is 27.2 Å². The van der Waals surface area contributed by atoms with Crippen molar-refractivity contribution in [1.29, 1.82) is 0 Å². The Hall–Kier alpha value is -0.910. The summed E-state index contributed by atoms with van der Waals surface area (Å²) in [4.78, 5) is 18.6. The minimum Gasteiger partial charge on any atom is -0.370 e. The molecule has 148 valence electrons. The Balaban J connectivity index is 1.61. The Bertz CT molecular complexity index is 523. The maximum absolute atomic E-state index is 12.8. The van der Waals surface area contributed by atoms with Crippen LogP contribution in [0.15, 0.2) is 11.3 Å². The summed E-state index contributed by atoms with van der Waals surface area (Å²) in [5.74, 6) is 0.411. The maximum Gasteiger partial charge on any atom is 0.166 e. The number of rotatable bonds is 7. The standard InChI is InChI=1S/C21H37N3O2/c1-4-5-9-24-17-23(8-6-7-22-10-12-26-13-11-22)16-18-19(24)14-21(2,3)15-20(18)25/h4-17H2,1-3H3/p+2. The third-order valence-corrected chi connectivity index (χ3v) is 6.24. The van der Waals surface area contributed by atoms with Gasteiger partial charge in [-0.2, -0.15) is 0 Å². The SMILES string of the molecule is CCCCN1C[NH+](CCC[NH+]2CCOCC2)CC2=C1CC(C)(C)CC2=O. The fourth-order valence-electron chi connectivity index (χ4n) is 4.73. The maximum atomic E-state index is 12.8. The second kappa shape index (κ2) is 8.85. The van der Waals surface area contributed by atoms with Gasteiger partial charge in [0.2, 0.25) is 0 Å². The molecule has 1 saturated heterocycles. The normalized spacial score (nSPS) is 27.0. The van der Waals surface area contributed by atoms with E-state index in [1.54, 1.807) is 9.80 Å². The molecule has 0 aromatic heterocycles. The van der Waals surface area contributed by atoms with Crippen LogP contribution >= 0.6 is 0 Å². The molecule has 1 unspecified atom stereocenters. The van der Waals surface area contributed by atoms with Crippen LogP contribution in [0.5, 0.6) is 0 Å². The molecule has 0 aromatic rings. The van der Waals surface area contributed by atoms with E-state index in [0.717, 1.165) is 64.5 Å². The number of morpholine rings is 1. The zero-order valence-corrected chi connectivity index (χ0v) is 17.2. The Morgan fingerprint density at radius 1 is 1.08 bits per heavy atom. The highest BCUT2D eigenvalue weighted by molar-refractivity contribution is 5.97. The lowest BCUT2D eigenvalue weighted by atomic mass is 9.75. The average molecular weight is 366 g/mol. The molecule has 1 fully saturated rings. The molecular weight excluding hydrogens is 326 g/mol. The van der Waals surface area contributed by atoms with E-state index >= 15 is 0 Å². The van der Waals surface area contributed by atoms with Crippen LogP contribution in [-0.4, -0.2) is 69.8 Å². The van der Waals surface area contributed by atoms with E-state index in [1.807, 2.05) is 0 Å². The summed E-state index contributed by atoms with van der Waals surface area (Å²) in [7, 11) is 0. The highest BCUT2D eigenvalue weighted by atomic mass is 16.5. The minimum absolute atomic E-state index is 0.123. The molecule has 5 heteroatoms. The van der Waals surface area contributed by atoms with Crippen molar-refractivity contribution in [1.82, 2.24) is 4.90 Å². The summed E-state index contributed by atoms with van der Waals surface area (Å²) in [6.45, 7) is 16.5. The van der Waals surface area contributed by atoms with Gasteiger partial charge in [0.05, 0.1) is 31.9 Å². The van der Waals surface area contributed by atoms with Gasteiger partial charge in [-0.05, 0) is 18.3 Å². The number of hydrogen-bond acceptors (Lipinski definition) is 3. The molecule has 2 N–H and O–H groups in total. The third-order valence-electron chi connectivity index (χ3n) is 6.24. The first kappa shape index (κ1) is 19.8. The zero-order valence-electron chi connectivity index (χ0n) is 17.2. The molecule has 1 atom stereocenters. The third kappa shape index (κ3) is 5.08. The summed E-state index contributed by atoms with van der Waals surface area (Å²) in [6.07, 6.45) is 5.47. The van der Waals surface area contributed by atoms with Crippen LogP contribution in [0.25, 0.3) is 0 Å². The number of allylic oxidation sites excluding steroid dienone is 1. The van der Waals surface area contributed by atoms with Gasteiger partial charge in [0.15, 0.2) is 12.5 Å². The van der Waals surface area contributed by atoms with Gasteiger partial charge >= 0.3 is 0 Å². The Morgan fingerprint density at radius 2 is 1.81 bits per heavy atom. The zero-order chi connectivity index (χ0) is 18.6. The van der Waals surface area contributed by atoms with Crippen LogP contribution in [0, 0.1) is 5.41 Å². The van der Waals surface area contributed by atoms with Crippen LogP contribution < -0.4 is 9.80 Å². The fourth-order valence-corrected chi connectivity index (χ4v) is 4.73. The summed E-state index contributed by atoms with van der Waals surface area (Å²) in [6, 6.07) is 0. The second-order valence-electron chi connectivity index (χ2n) is 9.28. The number of quaternary nitrogens is 2. The van der Waals surface area contributed by atoms with E-state index < -0.39 is 0 Å². The van der Waals surface area contributed by atoms with E-state index in [9.17, 15) is 4.79 Å². The number of carbonyl (C=O) groups is 1. The second-order valence-corrected chi connectivity index (χ2v) is 9.28. The number of hydrogen-bond donors (Lipinski definition) is 2. The first-order valence-corrected chi connectivity index (χ1v) is 10.7. The molecule has 0 amide bonds. The van der Waals surface area contributed by atoms with Gasteiger partial charge in [-0.15, -0.1) is 0 Å². The molecule has 3 aliphatic rings. The molecule has 1 aliphatic carbocycles. The molecule has 0 aromatic carbocycles. The lowest BCUT2D eigenvalue weighted by Gasteiger charge is -2.43. The Morgan fingerprint density at radius 3 is 2.54 bits per heavy atom. The van der Waals surface area contributed by atoms with Gasteiger partial charge < -0.3 is 19.4 Å². The predicted octanol–water partition coefficient (Wildman–Crippen LogP) is -0.107. The molecule has 0 bridgehead atoms. The first-order chi connectivity index (χ1) is 12.5. The lowest BCUT2D eigenvalue weighted by molar-refractivity contribution is -0.926. The summed E-state index contributed by atoms with van der Waals surface area (Å²) < 4.78 is 5.46. The van der Waals surface area contributed by atoms with E-state index in [1.165, 1.54) is 38.0 Å². The minimum atomic E-state index is 0.123. The van der Waals surface area contributed by atoms with Gasteiger partial charge in [0, 0.05) is 25.1 Å². The number of ether oxygens (including phenoxy) is 1.